The quantitative estimate of drug-likeness (QED) is 0.772. The molecule has 0 fully saturated rings. The highest BCUT2D eigenvalue weighted by molar-refractivity contribution is 5.94. The Morgan fingerprint density at radius 2 is 1.94 bits per heavy atom. The number of carbonyl (C=O) groups excluding carboxylic acids is 1. The number of hydrogen-bond donors (Lipinski definition) is 0. The normalized spacial score (nSPS) is 9.83. The number of amides is 1. The van der Waals surface area contributed by atoms with E-state index in [1.165, 1.54) is 0 Å². The molecule has 0 bridgehead atoms. The number of benzene rings is 1. The zero-order valence-corrected chi connectivity index (χ0v) is 11.1. The first-order valence-electron chi connectivity index (χ1n) is 6.48. The van der Waals surface area contributed by atoms with Crippen LogP contribution in [0.4, 0.5) is 0 Å². The molecule has 96 valence electrons. The Balaban J connectivity index is 2.87. The van der Waals surface area contributed by atoms with E-state index < -0.39 is 0 Å². The summed E-state index contributed by atoms with van der Waals surface area (Å²) >= 11 is 0. The molecule has 0 aromatic heterocycles. The van der Waals surface area contributed by atoms with Gasteiger partial charge in [0.05, 0.1) is 12.5 Å². The van der Waals surface area contributed by atoms with Crippen molar-refractivity contribution < 1.29 is 4.79 Å². The van der Waals surface area contributed by atoms with Gasteiger partial charge < -0.3 is 4.90 Å². The summed E-state index contributed by atoms with van der Waals surface area (Å²) in [5.41, 5.74) is 1.58. The molecule has 0 aliphatic rings. The van der Waals surface area contributed by atoms with Gasteiger partial charge in [-0.15, -0.1) is 0 Å². The van der Waals surface area contributed by atoms with Crippen LogP contribution in [0.3, 0.4) is 0 Å². The van der Waals surface area contributed by atoms with Crippen LogP contribution in [0.25, 0.3) is 0 Å². The summed E-state index contributed by atoms with van der Waals surface area (Å²) in [5, 5.41) is 8.68. The zero-order chi connectivity index (χ0) is 13.4. The molecule has 0 aliphatic heterocycles. The molecular formula is C15H20N2O. The van der Waals surface area contributed by atoms with Crippen LogP contribution >= 0.6 is 0 Å². The highest BCUT2D eigenvalue weighted by Gasteiger charge is 2.14. The summed E-state index contributed by atoms with van der Waals surface area (Å²) in [5.74, 6) is 0.0680. The Labute approximate surface area is 109 Å². The van der Waals surface area contributed by atoms with Crippen LogP contribution in [0.5, 0.6) is 0 Å². The lowest BCUT2D eigenvalue weighted by molar-refractivity contribution is 0.0755. The monoisotopic (exact) mass is 244 g/mol. The van der Waals surface area contributed by atoms with Crippen LogP contribution in [0.2, 0.25) is 0 Å². The van der Waals surface area contributed by atoms with Crippen molar-refractivity contribution in [3.63, 3.8) is 0 Å². The maximum absolute atomic E-state index is 12.3. The van der Waals surface area contributed by atoms with E-state index >= 15 is 0 Å². The van der Waals surface area contributed by atoms with Gasteiger partial charge >= 0.3 is 0 Å². The second kappa shape index (κ2) is 7.50. The second-order valence-electron chi connectivity index (χ2n) is 4.33. The zero-order valence-electron chi connectivity index (χ0n) is 11.1. The van der Waals surface area contributed by atoms with Crippen LogP contribution in [-0.4, -0.2) is 23.9 Å². The minimum absolute atomic E-state index is 0.0680. The van der Waals surface area contributed by atoms with Crippen molar-refractivity contribution in [2.75, 3.05) is 13.1 Å². The van der Waals surface area contributed by atoms with Gasteiger partial charge in [-0.25, -0.2) is 0 Å². The van der Waals surface area contributed by atoms with Crippen LogP contribution in [0.15, 0.2) is 24.3 Å². The van der Waals surface area contributed by atoms with E-state index in [1.807, 2.05) is 29.2 Å². The standard InChI is InChI=1S/C15H20N2O/c1-3-10-17(11-4-2)15(18)14-7-5-6-13(12-14)8-9-16/h5-7,12H,3-4,8,10-11H2,1-2H3. The molecule has 1 rings (SSSR count). The highest BCUT2D eigenvalue weighted by atomic mass is 16.2. The average Bonchev–Trinajstić information content (AvgIpc) is 2.38. The fourth-order valence-electron chi connectivity index (χ4n) is 1.94. The maximum Gasteiger partial charge on any atom is 0.253 e. The molecule has 0 saturated carbocycles. The topological polar surface area (TPSA) is 44.1 Å². The first kappa shape index (κ1) is 14.2. The lowest BCUT2D eigenvalue weighted by Crippen LogP contribution is -2.32. The fourth-order valence-corrected chi connectivity index (χ4v) is 1.94. The number of rotatable bonds is 6. The molecule has 0 unspecified atom stereocenters. The third-order valence-corrected chi connectivity index (χ3v) is 2.73. The summed E-state index contributed by atoms with van der Waals surface area (Å²) < 4.78 is 0. The molecule has 1 aromatic carbocycles. The molecule has 0 atom stereocenters. The minimum atomic E-state index is 0.0680. The SMILES string of the molecule is CCCN(CCC)C(=O)c1cccc(CC#N)c1. The van der Waals surface area contributed by atoms with E-state index in [1.54, 1.807) is 0 Å². The van der Waals surface area contributed by atoms with Gasteiger partial charge in [0.15, 0.2) is 0 Å². The third kappa shape index (κ3) is 3.89. The summed E-state index contributed by atoms with van der Waals surface area (Å²) in [7, 11) is 0. The summed E-state index contributed by atoms with van der Waals surface area (Å²) in [6.07, 6.45) is 2.27. The van der Waals surface area contributed by atoms with Gasteiger partial charge in [0.1, 0.15) is 0 Å². The number of nitrogens with zero attached hydrogens (tertiary/aromatic N) is 2. The predicted molar refractivity (Wildman–Crippen MR) is 72.2 cm³/mol. The Bertz CT molecular complexity index is 428. The molecule has 1 amide bonds. The Kier molecular flexibility index (Phi) is 5.93. The molecule has 18 heavy (non-hydrogen) atoms. The van der Waals surface area contributed by atoms with E-state index in [4.69, 9.17) is 5.26 Å². The largest absolute Gasteiger partial charge is 0.339 e. The van der Waals surface area contributed by atoms with Crippen molar-refractivity contribution in [2.45, 2.75) is 33.1 Å². The Morgan fingerprint density at radius 3 is 2.50 bits per heavy atom. The van der Waals surface area contributed by atoms with Gasteiger partial charge in [-0.3, -0.25) is 4.79 Å². The smallest absolute Gasteiger partial charge is 0.253 e. The summed E-state index contributed by atoms with van der Waals surface area (Å²) in [6, 6.07) is 9.47. The van der Waals surface area contributed by atoms with Crippen molar-refractivity contribution in [2.24, 2.45) is 0 Å². The molecule has 0 saturated heterocycles. The Morgan fingerprint density at radius 1 is 1.28 bits per heavy atom. The van der Waals surface area contributed by atoms with Gasteiger partial charge in [0, 0.05) is 18.7 Å². The van der Waals surface area contributed by atoms with Crippen LogP contribution in [0, 0.1) is 11.3 Å². The predicted octanol–water partition coefficient (Wildman–Crippen LogP) is 3.01. The van der Waals surface area contributed by atoms with Crippen LogP contribution < -0.4 is 0 Å². The highest BCUT2D eigenvalue weighted by Crippen LogP contribution is 2.10. The number of hydrogen-bond acceptors (Lipinski definition) is 2. The molecule has 3 nitrogen and oxygen atoms in total. The lowest BCUT2D eigenvalue weighted by atomic mass is 10.1. The van der Waals surface area contributed by atoms with E-state index in [0.29, 0.717) is 12.0 Å². The van der Waals surface area contributed by atoms with Gasteiger partial charge in [-0.05, 0) is 30.5 Å². The van der Waals surface area contributed by atoms with Gasteiger partial charge in [-0.1, -0.05) is 26.0 Å². The lowest BCUT2D eigenvalue weighted by Gasteiger charge is -2.21. The molecular weight excluding hydrogens is 224 g/mol. The molecule has 0 spiro atoms. The van der Waals surface area contributed by atoms with Gasteiger partial charge in [0.2, 0.25) is 0 Å². The summed E-state index contributed by atoms with van der Waals surface area (Å²) in [6.45, 7) is 5.72. The summed E-state index contributed by atoms with van der Waals surface area (Å²) in [4.78, 5) is 14.2. The van der Waals surface area contributed by atoms with Gasteiger partial charge in [-0.2, -0.15) is 5.26 Å². The minimum Gasteiger partial charge on any atom is -0.339 e. The first-order valence-corrected chi connectivity index (χ1v) is 6.48. The Hall–Kier alpha value is -1.82. The van der Waals surface area contributed by atoms with E-state index in [9.17, 15) is 4.79 Å². The first-order chi connectivity index (χ1) is 8.72. The maximum atomic E-state index is 12.3. The molecule has 0 N–H and O–H groups in total. The average molecular weight is 244 g/mol. The van der Waals surface area contributed by atoms with Gasteiger partial charge in [0.25, 0.3) is 5.91 Å². The third-order valence-electron chi connectivity index (χ3n) is 2.73. The molecule has 0 heterocycles. The van der Waals surface area contributed by atoms with Crippen LogP contribution in [0.1, 0.15) is 42.6 Å². The van der Waals surface area contributed by atoms with E-state index in [-0.39, 0.29) is 5.91 Å². The van der Waals surface area contributed by atoms with Crippen molar-refractivity contribution >= 4 is 5.91 Å². The van der Waals surface area contributed by atoms with Crippen molar-refractivity contribution in [3.8, 4) is 6.07 Å². The van der Waals surface area contributed by atoms with Crippen LogP contribution in [-0.2, 0) is 6.42 Å². The van der Waals surface area contributed by atoms with E-state index in [0.717, 1.165) is 31.5 Å². The van der Waals surface area contributed by atoms with E-state index in [2.05, 4.69) is 19.9 Å². The fraction of sp³-hybridized carbons (Fsp3) is 0.467. The number of nitriles is 1. The molecule has 3 heteroatoms. The molecule has 1 aromatic rings. The molecule has 0 radical (unpaired) electrons. The van der Waals surface area contributed by atoms with Crippen molar-refractivity contribution in [3.05, 3.63) is 35.4 Å². The number of carbonyl (C=O) groups is 1. The van der Waals surface area contributed by atoms with Crippen molar-refractivity contribution in [1.29, 1.82) is 5.26 Å². The second-order valence-corrected chi connectivity index (χ2v) is 4.33. The molecule has 0 aliphatic carbocycles. The van der Waals surface area contributed by atoms with Crippen molar-refractivity contribution in [1.82, 2.24) is 4.90 Å².